The van der Waals surface area contributed by atoms with Gasteiger partial charge in [-0.1, -0.05) is 5.21 Å². The van der Waals surface area contributed by atoms with Crippen molar-refractivity contribution in [3.05, 3.63) is 42.2 Å². The normalized spacial score (nSPS) is 9.53. The molecule has 0 saturated heterocycles. The second-order valence-corrected chi connectivity index (χ2v) is 2.87. The minimum atomic E-state index is -0.319. The first-order valence-corrected chi connectivity index (χ1v) is 4.29. The van der Waals surface area contributed by atoms with Gasteiger partial charge >= 0.3 is 0 Å². The molecule has 1 heterocycles. The highest BCUT2D eigenvalue weighted by atomic mass is 16.1. The lowest BCUT2D eigenvalue weighted by atomic mass is 10.1. The highest BCUT2D eigenvalue weighted by molar-refractivity contribution is 6.08. The second-order valence-electron chi connectivity index (χ2n) is 2.87. The monoisotopic (exact) mass is 197 g/mol. The summed E-state index contributed by atoms with van der Waals surface area (Å²) < 4.78 is 1.60. The molecule has 0 amide bonds. The number of hydrogen-bond donors (Lipinski definition) is 0. The van der Waals surface area contributed by atoms with Gasteiger partial charge in [-0.15, -0.1) is 11.5 Å². The minimum absolute atomic E-state index is 0.319. The Bertz CT molecular complexity index is 506. The Hall–Kier alpha value is -2.41. The first-order valence-electron chi connectivity index (χ1n) is 4.29. The molecule has 0 spiro atoms. The molecule has 4 nitrogen and oxygen atoms in total. The van der Waals surface area contributed by atoms with Crippen LogP contribution in [0.1, 0.15) is 10.4 Å². The van der Waals surface area contributed by atoms with Crippen molar-refractivity contribution in [3.63, 3.8) is 0 Å². The number of terminal acetylenes is 1. The zero-order chi connectivity index (χ0) is 10.7. The van der Waals surface area contributed by atoms with Crippen LogP contribution in [0.2, 0.25) is 0 Å². The lowest BCUT2D eigenvalue weighted by Crippen LogP contribution is -1.98. The summed E-state index contributed by atoms with van der Waals surface area (Å²) in [5.41, 5.74) is 1.34. The third-order valence-corrected chi connectivity index (χ3v) is 1.95. The lowest BCUT2D eigenvalue weighted by Gasteiger charge is -2.00. The number of carbonyl (C=O) groups excluding carboxylic acids is 1. The number of aromatic nitrogens is 3. The zero-order valence-corrected chi connectivity index (χ0v) is 7.79. The average molecular weight is 197 g/mol. The zero-order valence-electron chi connectivity index (χ0n) is 7.79. The van der Waals surface area contributed by atoms with Gasteiger partial charge in [-0.2, -0.15) is 0 Å². The standard InChI is InChI=1S/C11H7N3O/c1-2-11(15)9-3-5-10(6-4-9)14-8-7-12-13-14/h1,3-8H. The van der Waals surface area contributed by atoms with Gasteiger partial charge in [-0.05, 0) is 30.2 Å². The molecule has 0 aliphatic carbocycles. The predicted molar refractivity (Wildman–Crippen MR) is 54.5 cm³/mol. The number of nitrogens with zero attached hydrogens (tertiary/aromatic N) is 3. The van der Waals surface area contributed by atoms with Gasteiger partial charge in [0.1, 0.15) is 0 Å². The van der Waals surface area contributed by atoms with E-state index in [-0.39, 0.29) is 5.78 Å². The number of rotatable bonds is 2. The van der Waals surface area contributed by atoms with E-state index in [0.29, 0.717) is 5.56 Å². The fraction of sp³-hybridized carbons (Fsp3) is 0. The Kier molecular flexibility index (Phi) is 2.30. The first kappa shape index (κ1) is 9.16. The fourth-order valence-corrected chi connectivity index (χ4v) is 1.19. The number of carbonyl (C=O) groups is 1. The van der Waals surface area contributed by atoms with Crippen LogP contribution < -0.4 is 0 Å². The van der Waals surface area contributed by atoms with E-state index in [4.69, 9.17) is 6.42 Å². The van der Waals surface area contributed by atoms with Crippen molar-refractivity contribution >= 4 is 5.78 Å². The second kappa shape index (κ2) is 3.76. The van der Waals surface area contributed by atoms with Gasteiger partial charge < -0.3 is 0 Å². The van der Waals surface area contributed by atoms with Gasteiger partial charge in [-0.3, -0.25) is 4.79 Å². The highest BCUT2D eigenvalue weighted by Crippen LogP contribution is 2.08. The third kappa shape index (κ3) is 1.76. The molecule has 0 fully saturated rings. The largest absolute Gasteiger partial charge is 0.279 e. The Morgan fingerprint density at radius 2 is 2.07 bits per heavy atom. The van der Waals surface area contributed by atoms with Crippen molar-refractivity contribution in [2.24, 2.45) is 0 Å². The molecule has 15 heavy (non-hydrogen) atoms. The molecule has 72 valence electrons. The van der Waals surface area contributed by atoms with Crippen LogP contribution in [0, 0.1) is 12.3 Å². The van der Waals surface area contributed by atoms with Crippen LogP contribution in [0.5, 0.6) is 0 Å². The Balaban J connectivity index is 2.34. The summed E-state index contributed by atoms with van der Waals surface area (Å²) in [7, 11) is 0. The molecule has 0 bridgehead atoms. The van der Waals surface area contributed by atoms with Crippen molar-refractivity contribution in [1.29, 1.82) is 0 Å². The molecular weight excluding hydrogens is 190 g/mol. The van der Waals surface area contributed by atoms with Crippen LogP contribution in [0.4, 0.5) is 0 Å². The molecule has 0 aliphatic heterocycles. The summed E-state index contributed by atoms with van der Waals surface area (Å²) in [4.78, 5) is 11.1. The van der Waals surface area contributed by atoms with Crippen molar-refractivity contribution in [3.8, 4) is 18.0 Å². The van der Waals surface area contributed by atoms with Crippen molar-refractivity contribution in [1.82, 2.24) is 15.0 Å². The Morgan fingerprint density at radius 3 is 2.60 bits per heavy atom. The first-order chi connectivity index (χ1) is 7.31. The fourth-order valence-electron chi connectivity index (χ4n) is 1.19. The molecule has 4 heteroatoms. The van der Waals surface area contributed by atoms with Crippen LogP contribution in [-0.4, -0.2) is 20.8 Å². The Morgan fingerprint density at radius 1 is 1.33 bits per heavy atom. The molecule has 0 radical (unpaired) electrons. The molecular formula is C11H7N3O. The summed E-state index contributed by atoms with van der Waals surface area (Å²) in [5.74, 6) is 1.74. The third-order valence-electron chi connectivity index (χ3n) is 1.95. The molecule has 0 aliphatic rings. The Labute approximate surface area is 86.5 Å². The van der Waals surface area contributed by atoms with Crippen LogP contribution in [0.25, 0.3) is 5.69 Å². The molecule has 1 aromatic carbocycles. The van der Waals surface area contributed by atoms with Crippen LogP contribution in [-0.2, 0) is 0 Å². The van der Waals surface area contributed by atoms with E-state index in [2.05, 4.69) is 16.2 Å². The van der Waals surface area contributed by atoms with Gasteiger partial charge in [0.2, 0.25) is 5.78 Å². The van der Waals surface area contributed by atoms with Gasteiger partial charge in [0.15, 0.2) is 0 Å². The maximum Gasteiger partial charge on any atom is 0.235 e. The predicted octanol–water partition coefficient (Wildman–Crippen LogP) is 1.08. The maximum absolute atomic E-state index is 11.1. The summed E-state index contributed by atoms with van der Waals surface area (Å²) in [6.45, 7) is 0. The molecule has 0 N–H and O–H groups in total. The van der Waals surface area contributed by atoms with E-state index < -0.39 is 0 Å². The van der Waals surface area contributed by atoms with E-state index in [0.717, 1.165) is 5.69 Å². The van der Waals surface area contributed by atoms with E-state index in [9.17, 15) is 4.79 Å². The van der Waals surface area contributed by atoms with E-state index in [1.807, 2.05) is 0 Å². The van der Waals surface area contributed by atoms with Gasteiger partial charge in [-0.25, -0.2) is 4.68 Å². The molecule has 0 atom stereocenters. The van der Waals surface area contributed by atoms with Gasteiger partial charge in [0.25, 0.3) is 0 Å². The maximum atomic E-state index is 11.1. The number of hydrogen-bond acceptors (Lipinski definition) is 3. The summed E-state index contributed by atoms with van der Waals surface area (Å²) in [5, 5.41) is 7.51. The molecule has 0 unspecified atom stereocenters. The van der Waals surface area contributed by atoms with Crippen LogP contribution >= 0.6 is 0 Å². The van der Waals surface area contributed by atoms with Crippen LogP contribution in [0.15, 0.2) is 36.7 Å². The van der Waals surface area contributed by atoms with Gasteiger partial charge in [0, 0.05) is 5.56 Å². The minimum Gasteiger partial charge on any atom is -0.279 e. The SMILES string of the molecule is C#CC(=O)c1ccc(-n2ccnn2)cc1. The van der Waals surface area contributed by atoms with Crippen molar-refractivity contribution in [2.45, 2.75) is 0 Å². The highest BCUT2D eigenvalue weighted by Gasteiger charge is 2.02. The van der Waals surface area contributed by atoms with Gasteiger partial charge in [0.05, 0.1) is 18.1 Å². The summed E-state index contributed by atoms with van der Waals surface area (Å²) >= 11 is 0. The quantitative estimate of drug-likeness (QED) is 0.411. The molecule has 2 aromatic rings. The summed E-state index contributed by atoms with van der Waals surface area (Å²) in [6.07, 6.45) is 8.31. The lowest BCUT2D eigenvalue weighted by molar-refractivity contribution is 0.105. The van der Waals surface area contributed by atoms with Crippen molar-refractivity contribution in [2.75, 3.05) is 0 Å². The van der Waals surface area contributed by atoms with E-state index >= 15 is 0 Å². The molecule has 0 saturated carbocycles. The smallest absolute Gasteiger partial charge is 0.235 e. The van der Waals surface area contributed by atoms with Crippen LogP contribution in [0.3, 0.4) is 0 Å². The van der Waals surface area contributed by atoms with Crippen molar-refractivity contribution < 1.29 is 4.79 Å². The average Bonchev–Trinajstić information content (AvgIpc) is 2.82. The van der Waals surface area contributed by atoms with E-state index in [1.54, 1.807) is 41.3 Å². The summed E-state index contributed by atoms with van der Waals surface area (Å²) in [6, 6.07) is 6.86. The molecule has 1 aromatic heterocycles. The topological polar surface area (TPSA) is 47.8 Å². The molecule has 2 rings (SSSR count). The number of Topliss-reactive ketones (excluding diaryl/α,β-unsaturated/α-hetero) is 1. The number of benzene rings is 1. The van der Waals surface area contributed by atoms with E-state index in [1.165, 1.54) is 0 Å². The number of ketones is 1.